The number of carbonyl (C=O) groups is 1. The minimum Gasteiger partial charge on any atom is -0.477 e. The van der Waals surface area contributed by atoms with Crippen molar-refractivity contribution in [2.24, 2.45) is 0 Å². The predicted octanol–water partition coefficient (Wildman–Crippen LogP) is 8.80. The monoisotopic (exact) mass is 428 g/mol. The number of unbranched alkanes of at least 4 members (excludes halogenated alkanes) is 3. The van der Waals surface area contributed by atoms with E-state index >= 15 is 0 Å². The fourth-order valence-corrected chi connectivity index (χ4v) is 4.40. The number of rotatable bonds is 9. The summed E-state index contributed by atoms with van der Waals surface area (Å²) in [7, 11) is 0. The zero-order valence-electron chi connectivity index (χ0n) is 19.4. The highest BCUT2D eigenvalue weighted by atomic mass is 32.1. The van der Waals surface area contributed by atoms with Gasteiger partial charge in [0.1, 0.15) is 4.88 Å². The molecule has 1 aromatic heterocycles. The van der Waals surface area contributed by atoms with Crippen LogP contribution in [0.15, 0.2) is 42.5 Å². The molecule has 1 aromatic carbocycles. The second kappa shape index (κ2) is 15.9. The normalized spacial score (nSPS) is 12.3. The smallest absolute Gasteiger partial charge is 0.345 e. The third-order valence-corrected chi connectivity index (χ3v) is 6.19. The molecule has 1 aliphatic carbocycles. The molecule has 0 atom stereocenters. The third kappa shape index (κ3) is 9.75. The van der Waals surface area contributed by atoms with Gasteiger partial charge in [0.2, 0.25) is 0 Å². The van der Waals surface area contributed by atoms with Gasteiger partial charge in [-0.3, -0.25) is 0 Å². The minimum atomic E-state index is -0.822. The van der Waals surface area contributed by atoms with E-state index in [2.05, 4.69) is 44.2 Å². The fourth-order valence-electron chi connectivity index (χ4n) is 3.45. The standard InChI is InChI=1S/C17H24.C8H10O2S.C2H6/c1-2-3-4-5-8-15-11-13-17(14-12-15)16-9-6-7-10-16;1-2-3-6-4-5-7(11-6)8(9)10;1-2/h9,11-14H,2-8,10H2,1H3;4-5H,2-3H2,1H3,(H,9,10);1-2H3. The lowest BCUT2D eigenvalue weighted by Crippen LogP contribution is -1.89. The first-order valence-electron chi connectivity index (χ1n) is 11.7. The first kappa shape index (κ1) is 26.2. The Balaban J connectivity index is 0.000000300. The van der Waals surface area contributed by atoms with Gasteiger partial charge in [-0.2, -0.15) is 0 Å². The van der Waals surface area contributed by atoms with Gasteiger partial charge < -0.3 is 5.11 Å². The molecule has 30 heavy (non-hydrogen) atoms. The Kier molecular flexibility index (Phi) is 13.9. The number of benzene rings is 1. The summed E-state index contributed by atoms with van der Waals surface area (Å²) in [6.45, 7) is 8.35. The molecule has 2 aromatic rings. The minimum absolute atomic E-state index is 0.438. The number of hydrogen-bond acceptors (Lipinski definition) is 2. The highest BCUT2D eigenvalue weighted by Crippen LogP contribution is 2.27. The van der Waals surface area contributed by atoms with Crippen molar-refractivity contribution in [3.8, 4) is 0 Å². The van der Waals surface area contributed by atoms with Crippen molar-refractivity contribution < 1.29 is 9.90 Å². The Morgan fingerprint density at radius 2 is 1.67 bits per heavy atom. The zero-order valence-corrected chi connectivity index (χ0v) is 20.2. The summed E-state index contributed by atoms with van der Waals surface area (Å²) in [6, 6.07) is 12.8. The van der Waals surface area contributed by atoms with Crippen LogP contribution in [0, 0.1) is 0 Å². The van der Waals surface area contributed by atoms with Crippen LogP contribution in [0.1, 0.15) is 105 Å². The summed E-state index contributed by atoms with van der Waals surface area (Å²) in [5.41, 5.74) is 4.51. The lowest BCUT2D eigenvalue weighted by molar-refractivity contribution is 0.0702. The van der Waals surface area contributed by atoms with Crippen molar-refractivity contribution in [1.29, 1.82) is 0 Å². The van der Waals surface area contributed by atoms with E-state index in [1.54, 1.807) is 11.6 Å². The number of thiophene rings is 1. The van der Waals surface area contributed by atoms with Gasteiger partial charge in [0, 0.05) is 4.88 Å². The van der Waals surface area contributed by atoms with Crippen LogP contribution in [0.2, 0.25) is 0 Å². The van der Waals surface area contributed by atoms with Crippen molar-refractivity contribution in [1.82, 2.24) is 0 Å². The Morgan fingerprint density at radius 1 is 0.933 bits per heavy atom. The molecule has 1 heterocycles. The maximum Gasteiger partial charge on any atom is 0.345 e. The SMILES string of the molecule is CC.CCCCCCc1ccc(C2=CCCC2)cc1.CCCc1ccc(C(=O)O)s1. The van der Waals surface area contributed by atoms with Gasteiger partial charge in [0.15, 0.2) is 0 Å². The van der Waals surface area contributed by atoms with Crippen molar-refractivity contribution in [3.05, 3.63) is 63.4 Å². The maximum absolute atomic E-state index is 10.4. The first-order chi connectivity index (χ1) is 14.6. The van der Waals surface area contributed by atoms with Crippen LogP contribution in [-0.2, 0) is 12.8 Å². The van der Waals surface area contributed by atoms with Crippen LogP contribution in [0.4, 0.5) is 0 Å². The Morgan fingerprint density at radius 3 is 2.20 bits per heavy atom. The van der Waals surface area contributed by atoms with Crippen LogP contribution < -0.4 is 0 Å². The van der Waals surface area contributed by atoms with Crippen molar-refractivity contribution in [2.75, 3.05) is 0 Å². The number of allylic oxidation sites excluding steroid dienone is 2. The second-order valence-corrected chi connectivity index (χ2v) is 8.62. The van der Waals surface area contributed by atoms with Gasteiger partial charge in [-0.05, 0) is 67.4 Å². The number of aromatic carboxylic acids is 1. The summed E-state index contributed by atoms with van der Waals surface area (Å²) in [5.74, 6) is -0.822. The van der Waals surface area contributed by atoms with Crippen LogP contribution in [0.25, 0.3) is 5.57 Å². The average Bonchev–Trinajstić information content (AvgIpc) is 3.47. The molecule has 3 rings (SSSR count). The van der Waals surface area contributed by atoms with Crippen LogP contribution >= 0.6 is 11.3 Å². The lowest BCUT2D eigenvalue weighted by Gasteiger charge is -2.05. The molecule has 0 fully saturated rings. The highest BCUT2D eigenvalue weighted by Gasteiger charge is 2.07. The Hall–Kier alpha value is -1.87. The molecular formula is C27H40O2S. The van der Waals surface area contributed by atoms with E-state index < -0.39 is 5.97 Å². The Labute approximate surface area is 188 Å². The quantitative estimate of drug-likeness (QED) is 0.405. The molecular weight excluding hydrogens is 388 g/mol. The van der Waals surface area contributed by atoms with E-state index in [-0.39, 0.29) is 0 Å². The molecule has 0 saturated carbocycles. The van der Waals surface area contributed by atoms with Crippen molar-refractivity contribution >= 4 is 22.9 Å². The highest BCUT2D eigenvalue weighted by molar-refractivity contribution is 7.13. The third-order valence-electron chi connectivity index (χ3n) is 5.05. The average molecular weight is 429 g/mol. The van der Waals surface area contributed by atoms with Crippen LogP contribution in [0.3, 0.4) is 0 Å². The van der Waals surface area contributed by atoms with Gasteiger partial charge in [-0.1, -0.05) is 83.7 Å². The number of aryl methyl sites for hydroxylation is 2. The van der Waals surface area contributed by atoms with E-state index in [9.17, 15) is 4.79 Å². The largest absolute Gasteiger partial charge is 0.477 e. The lowest BCUT2D eigenvalue weighted by atomic mass is 10.0. The molecule has 2 nitrogen and oxygen atoms in total. The molecule has 0 radical (unpaired) electrons. The van der Waals surface area contributed by atoms with Gasteiger partial charge in [0.05, 0.1) is 0 Å². The zero-order chi connectivity index (χ0) is 22.2. The van der Waals surface area contributed by atoms with E-state index in [1.165, 1.54) is 73.8 Å². The van der Waals surface area contributed by atoms with Gasteiger partial charge in [-0.15, -0.1) is 11.3 Å². The molecule has 0 aliphatic heterocycles. The molecule has 166 valence electrons. The van der Waals surface area contributed by atoms with Gasteiger partial charge in [-0.25, -0.2) is 4.79 Å². The van der Waals surface area contributed by atoms with Crippen LogP contribution in [0.5, 0.6) is 0 Å². The molecule has 0 saturated heterocycles. The van der Waals surface area contributed by atoms with Crippen LogP contribution in [-0.4, -0.2) is 11.1 Å². The van der Waals surface area contributed by atoms with E-state index in [1.807, 2.05) is 19.9 Å². The molecule has 0 bridgehead atoms. The van der Waals surface area contributed by atoms with E-state index in [0.717, 1.165) is 17.7 Å². The molecule has 0 unspecified atom stereocenters. The Bertz CT molecular complexity index is 740. The van der Waals surface area contributed by atoms with Gasteiger partial charge >= 0.3 is 5.97 Å². The molecule has 0 spiro atoms. The summed E-state index contributed by atoms with van der Waals surface area (Å²) in [5, 5.41) is 8.58. The fraction of sp³-hybridized carbons (Fsp3) is 0.519. The number of carboxylic acid groups (broad SMARTS) is 1. The topological polar surface area (TPSA) is 37.3 Å². The second-order valence-electron chi connectivity index (χ2n) is 7.45. The van der Waals surface area contributed by atoms with Crippen molar-refractivity contribution in [3.63, 3.8) is 0 Å². The first-order valence-corrected chi connectivity index (χ1v) is 12.6. The molecule has 1 N–H and O–H groups in total. The number of carboxylic acids is 1. The summed E-state index contributed by atoms with van der Waals surface area (Å²) in [6.07, 6.45) is 15.0. The van der Waals surface area contributed by atoms with E-state index in [4.69, 9.17) is 5.11 Å². The van der Waals surface area contributed by atoms with Gasteiger partial charge in [0.25, 0.3) is 0 Å². The summed E-state index contributed by atoms with van der Waals surface area (Å²) in [4.78, 5) is 12.0. The molecule has 3 heteroatoms. The maximum atomic E-state index is 10.4. The van der Waals surface area contributed by atoms with Crippen molar-refractivity contribution in [2.45, 2.75) is 91.9 Å². The summed E-state index contributed by atoms with van der Waals surface area (Å²) >= 11 is 1.37. The number of hydrogen-bond donors (Lipinski definition) is 1. The molecule has 0 amide bonds. The summed E-state index contributed by atoms with van der Waals surface area (Å²) < 4.78 is 0. The predicted molar refractivity (Wildman–Crippen MR) is 133 cm³/mol. The van der Waals surface area contributed by atoms with E-state index in [0.29, 0.717) is 4.88 Å². The molecule has 1 aliphatic rings.